The average molecular weight is 451 g/mol. The zero-order chi connectivity index (χ0) is 18.1. The summed E-state index contributed by atoms with van der Waals surface area (Å²) in [6.07, 6.45) is 2.01. The highest BCUT2D eigenvalue weighted by atomic mass is 127. The van der Waals surface area contributed by atoms with Crippen molar-refractivity contribution in [3.8, 4) is 0 Å². The van der Waals surface area contributed by atoms with Crippen molar-refractivity contribution in [2.75, 3.05) is 23.7 Å². The number of anilines is 2. The number of hydrogen-bond acceptors (Lipinski definition) is 3. The van der Waals surface area contributed by atoms with Crippen LogP contribution in [0.2, 0.25) is 0 Å². The standard InChI is InChI=1S/C19H22IN3O2/c1-2-3-12-21-19(25)14-4-8-17(9-5-14)23-18(24)13-22-16-10-6-15(20)7-11-16/h4-11,22H,2-3,12-13H2,1H3,(H,21,25)(H,23,24). The predicted molar refractivity (Wildman–Crippen MR) is 110 cm³/mol. The SMILES string of the molecule is CCCCNC(=O)c1ccc(NC(=O)CNc2ccc(I)cc2)cc1. The summed E-state index contributed by atoms with van der Waals surface area (Å²) in [5.74, 6) is -0.231. The maximum absolute atomic E-state index is 12.0. The molecule has 3 N–H and O–H groups in total. The van der Waals surface area contributed by atoms with E-state index in [9.17, 15) is 9.59 Å². The van der Waals surface area contributed by atoms with Crippen LogP contribution in [-0.2, 0) is 4.79 Å². The molecule has 0 fully saturated rings. The zero-order valence-corrected chi connectivity index (χ0v) is 16.3. The highest BCUT2D eigenvalue weighted by Gasteiger charge is 2.06. The first-order chi connectivity index (χ1) is 12.1. The van der Waals surface area contributed by atoms with Gasteiger partial charge in [0.2, 0.25) is 5.91 Å². The van der Waals surface area contributed by atoms with Gasteiger partial charge in [0.25, 0.3) is 5.91 Å². The van der Waals surface area contributed by atoms with Gasteiger partial charge in [-0.15, -0.1) is 0 Å². The first-order valence-electron chi connectivity index (χ1n) is 8.26. The molecule has 0 radical (unpaired) electrons. The van der Waals surface area contributed by atoms with Crippen LogP contribution in [-0.4, -0.2) is 24.9 Å². The second kappa shape index (κ2) is 10.0. The van der Waals surface area contributed by atoms with Gasteiger partial charge in [-0.25, -0.2) is 0 Å². The van der Waals surface area contributed by atoms with Crippen molar-refractivity contribution < 1.29 is 9.59 Å². The van der Waals surface area contributed by atoms with Crippen LogP contribution < -0.4 is 16.0 Å². The molecule has 0 saturated carbocycles. The highest BCUT2D eigenvalue weighted by molar-refractivity contribution is 14.1. The van der Waals surface area contributed by atoms with Crippen LogP contribution in [0.1, 0.15) is 30.1 Å². The molecule has 0 bridgehead atoms. The number of unbranched alkanes of at least 4 members (excludes halogenated alkanes) is 1. The number of halogens is 1. The normalized spacial score (nSPS) is 10.2. The summed E-state index contributed by atoms with van der Waals surface area (Å²) in [4.78, 5) is 23.9. The van der Waals surface area contributed by atoms with Crippen LogP contribution in [0.4, 0.5) is 11.4 Å². The number of hydrogen-bond donors (Lipinski definition) is 3. The third-order valence-corrected chi connectivity index (χ3v) is 4.26. The Morgan fingerprint density at radius 3 is 2.24 bits per heavy atom. The molecule has 132 valence electrons. The Kier molecular flexibility index (Phi) is 7.72. The van der Waals surface area contributed by atoms with E-state index < -0.39 is 0 Å². The van der Waals surface area contributed by atoms with Crippen LogP contribution >= 0.6 is 22.6 Å². The first-order valence-corrected chi connectivity index (χ1v) is 9.34. The second-order valence-electron chi connectivity index (χ2n) is 5.60. The summed E-state index contributed by atoms with van der Waals surface area (Å²) in [6, 6.07) is 14.7. The first kappa shape index (κ1) is 19.2. The summed E-state index contributed by atoms with van der Waals surface area (Å²) in [5.41, 5.74) is 2.15. The summed E-state index contributed by atoms with van der Waals surface area (Å²) in [6.45, 7) is 2.94. The van der Waals surface area contributed by atoms with Crippen molar-refractivity contribution in [2.45, 2.75) is 19.8 Å². The number of rotatable bonds is 8. The number of nitrogens with one attached hydrogen (secondary N) is 3. The molecule has 2 amide bonds. The van der Waals surface area contributed by atoms with Gasteiger partial charge >= 0.3 is 0 Å². The Morgan fingerprint density at radius 1 is 0.960 bits per heavy atom. The van der Waals surface area contributed by atoms with E-state index in [4.69, 9.17) is 0 Å². The van der Waals surface area contributed by atoms with E-state index in [0.29, 0.717) is 17.8 Å². The van der Waals surface area contributed by atoms with Crippen LogP contribution in [0.25, 0.3) is 0 Å². The molecule has 2 aromatic carbocycles. The largest absolute Gasteiger partial charge is 0.376 e. The van der Waals surface area contributed by atoms with Gasteiger partial charge in [-0.2, -0.15) is 0 Å². The predicted octanol–water partition coefficient (Wildman–Crippen LogP) is 3.87. The Hall–Kier alpha value is -2.09. The maximum Gasteiger partial charge on any atom is 0.251 e. The fourth-order valence-corrected chi connectivity index (χ4v) is 2.50. The lowest BCUT2D eigenvalue weighted by molar-refractivity contribution is -0.114. The molecule has 2 rings (SSSR count). The lowest BCUT2D eigenvalue weighted by atomic mass is 10.2. The number of benzene rings is 2. The Labute approximate surface area is 161 Å². The maximum atomic E-state index is 12.0. The molecule has 5 nitrogen and oxygen atoms in total. The molecule has 0 aliphatic rings. The number of amides is 2. The third kappa shape index (κ3) is 6.74. The molecule has 0 aliphatic heterocycles. The molecule has 0 unspecified atom stereocenters. The molecular formula is C19H22IN3O2. The molecule has 25 heavy (non-hydrogen) atoms. The van der Waals surface area contributed by atoms with E-state index in [0.717, 1.165) is 22.1 Å². The second-order valence-corrected chi connectivity index (χ2v) is 6.84. The molecule has 0 atom stereocenters. The van der Waals surface area contributed by atoms with E-state index in [1.807, 2.05) is 24.3 Å². The minimum atomic E-state index is -0.140. The summed E-state index contributed by atoms with van der Waals surface area (Å²) in [5, 5.41) is 8.74. The van der Waals surface area contributed by atoms with E-state index in [1.165, 1.54) is 0 Å². The van der Waals surface area contributed by atoms with E-state index >= 15 is 0 Å². The zero-order valence-electron chi connectivity index (χ0n) is 14.1. The van der Waals surface area contributed by atoms with E-state index in [-0.39, 0.29) is 18.4 Å². The van der Waals surface area contributed by atoms with Crippen LogP contribution in [0.3, 0.4) is 0 Å². The molecule has 0 spiro atoms. The van der Waals surface area contributed by atoms with Crippen LogP contribution in [0.15, 0.2) is 48.5 Å². The highest BCUT2D eigenvalue weighted by Crippen LogP contribution is 2.12. The number of carbonyl (C=O) groups is 2. The lowest BCUT2D eigenvalue weighted by Gasteiger charge is -2.09. The molecule has 2 aromatic rings. The van der Waals surface area contributed by atoms with E-state index in [1.54, 1.807) is 24.3 Å². The lowest BCUT2D eigenvalue weighted by Crippen LogP contribution is -2.24. The van der Waals surface area contributed by atoms with E-state index in [2.05, 4.69) is 45.5 Å². The summed E-state index contributed by atoms with van der Waals surface area (Å²) >= 11 is 2.23. The topological polar surface area (TPSA) is 70.2 Å². The Balaban J connectivity index is 1.80. The Bertz CT molecular complexity index is 700. The third-order valence-electron chi connectivity index (χ3n) is 3.54. The smallest absolute Gasteiger partial charge is 0.251 e. The molecule has 0 aromatic heterocycles. The number of carbonyl (C=O) groups excluding carboxylic acids is 2. The van der Waals surface area contributed by atoms with Gasteiger partial charge in [0.05, 0.1) is 6.54 Å². The fraction of sp³-hybridized carbons (Fsp3) is 0.263. The van der Waals surface area contributed by atoms with Gasteiger partial charge in [0.1, 0.15) is 0 Å². The van der Waals surface area contributed by atoms with Gasteiger partial charge < -0.3 is 16.0 Å². The average Bonchev–Trinajstić information content (AvgIpc) is 2.62. The van der Waals surface area contributed by atoms with Gasteiger partial charge in [-0.3, -0.25) is 9.59 Å². The molecular weight excluding hydrogens is 429 g/mol. The molecule has 0 heterocycles. The van der Waals surface area contributed by atoms with Gasteiger partial charge in [-0.1, -0.05) is 13.3 Å². The van der Waals surface area contributed by atoms with Crippen LogP contribution in [0, 0.1) is 3.57 Å². The van der Waals surface area contributed by atoms with Crippen molar-refractivity contribution in [1.29, 1.82) is 0 Å². The van der Waals surface area contributed by atoms with Gasteiger partial charge in [-0.05, 0) is 77.5 Å². The molecule has 0 aliphatic carbocycles. The van der Waals surface area contributed by atoms with Crippen LogP contribution in [0.5, 0.6) is 0 Å². The van der Waals surface area contributed by atoms with Crippen molar-refractivity contribution in [3.05, 3.63) is 57.7 Å². The van der Waals surface area contributed by atoms with Crippen molar-refractivity contribution >= 4 is 45.8 Å². The quantitative estimate of drug-likeness (QED) is 0.422. The van der Waals surface area contributed by atoms with Crippen molar-refractivity contribution in [2.24, 2.45) is 0 Å². The molecule has 0 saturated heterocycles. The monoisotopic (exact) mass is 451 g/mol. The van der Waals surface area contributed by atoms with Crippen molar-refractivity contribution in [1.82, 2.24) is 5.32 Å². The minimum Gasteiger partial charge on any atom is -0.376 e. The summed E-state index contributed by atoms with van der Waals surface area (Å²) in [7, 11) is 0. The summed E-state index contributed by atoms with van der Waals surface area (Å²) < 4.78 is 1.14. The fourth-order valence-electron chi connectivity index (χ4n) is 2.14. The van der Waals surface area contributed by atoms with Gasteiger partial charge in [0.15, 0.2) is 0 Å². The van der Waals surface area contributed by atoms with Crippen molar-refractivity contribution in [3.63, 3.8) is 0 Å². The molecule has 6 heteroatoms. The minimum absolute atomic E-state index is 0.0910. The Morgan fingerprint density at radius 2 is 1.60 bits per heavy atom. The van der Waals surface area contributed by atoms with Gasteiger partial charge in [0, 0.05) is 27.1 Å².